The maximum Gasteiger partial charge on any atom is 0.131 e. The number of rotatable bonds is 9. The molecule has 3 rings (SSSR count). The molecule has 0 unspecified atom stereocenters. The van der Waals surface area contributed by atoms with Gasteiger partial charge in [0.25, 0.3) is 0 Å². The number of nitrogens with zero attached hydrogens (tertiary/aromatic N) is 2. The zero-order valence-electron chi connectivity index (χ0n) is 16.2. The highest BCUT2D eigenvalue weighted by molar-refractivity contribution is 5.66. The summed E-state index contributed by atoms with van der Waals surface area (Å²) in [7, 11) is 3.79. The Morgan fingerprint density at radius 2 is 1.81 bits per heavy atom. The average molecular weight is 365 g/mol. The summed E-state index contributed by atoms with van der Waals surface area (Å²) in [6.45, 7) is 4.16. The maximum absolute atomic E-state index is 5.92. The molecule has 1 N–H and O–H groups in total. The summed E-state index contributed by atoms with van der Waals surface area (Å²) >= 11 is 0. The van der Waals surface area contributed by atoms with Crippen LogP contribution in [0.15, 0.2) is 54.7 Å². The summed E-state index contributed by atoms with van der Waals surface area (Å²) < 4.78 is 11.2. The van der Waals surface area contributed by atoms with Crippen LogP contribution in [0.4, 0.5) is 0 Å². The lowest BCUT2D eigenvalue weighted by molar-refractivity contribution is 0.317. The van der Waals surface area contributed by atoms with Gasteiger partial charge in [-0.25, -0.2) is 0 Å². The van der Waals surface area contributed by atoms with Gasteiger partial charge in [-0.1, -0.05) is 31.5 Å². The molecule has 1 heterocycles. The van der Waals surface area contributed by atoms with Gasteiger partial charge in [0, 0.05) is 18.2 Å². The van der Waals surface area contributed by atoms with E-state index in [1.54, 1.807) is 7.11 Å². The molecular weight excluding hydrogens is 338 g/mol. The van der Waals surface area contributed by atoms with Crippen LogP contribution in [0.1, 0.15) is 25.5 Å². The predicted molar refractivity (Wildman–Crippen MR) is 108 cm³/mol. The molecule has 0 aliphatic heterocycles. The summed E-state index contributed by atoms with van der Waals surface area (Å²) in [6.07, 6.45) is 4.30. The Morgan fingerprint density at radius 1 is 1.04 bits per heavy atom. The molecule has 0 bridgehead atoms. The predicted octanol–water partition coefficient (Wildman–Crippen LogP) is 5.11. The van der Waals surface area contributed by atoms with Crippen molar-refractivity contribution in [2.75, 3.05) is 20.7 Å². The Morgan fingerprint density at radius 3 is 2.56 bits per heavy atom. The first kappa shape index (κ1) is 19.0. The second-order valence-corrected chi connectivity index (χ2v) is 6.66. The Hall–Kier alpha value is -2.79. The van der Waals surface area contributed by atoms with Crippen LogP contribution in [0.2, 0.25) is 0 Å². The molecule has 0 radical (unpaired) electrons. The number of aromatic nitrogens is 2. The van der Waals surface area contributed by atoms with Crippen LogP contribution >= 0.6 is 0 Å². The quantitative estimate of drug-likeness (QED) is 0.572. The van der Waals surface area contributed by atoms with Gasteiger partial charge in [0.05, 0.1) is 19.0 Å². The molecule has 5 nitrogen and oxygen atoms in total. The summed E-state index contributed by atoms with van der Waals surface area (Å²) in [6, 6.07) is 15.7. The van der Waals surface area contributed by atoms with Crippen molar-refractivity contribution in [1.82, 2.24) is 15.1 Å². The zero-order valence-corrected chi connectivity index (χ0v) is 16.2. The first-order valence-corrected chi connectivity index (χ1v) is 9.32. The molecule has 142 valence electrons. The molecule has 2 aromatic carbocycles. The lowest BCUT2D eigenvalue weighted by atomic mass is 10.1. The molecular formula is C22H27N3O2. The Kier molecular flexibility index (Phi) is 6.49. The van der Waals surface area contributed by atoms with E-state index >= 15 is 0 Å². The average Bonchev–Trinajstić information content (AvgIpc) is 3.15. The van der Waals surface area contributed by atoms with E-state index in [0.29, 0.717) is 0 Å². The Labute approximate surface area is 160 Å². The molecule has 0 aliphatic carbocycles. The second kappa shape index (κ2) is 9.24. The minimum absolute atomic E-state index is 0.753. The van der Waals surface area contributed by atoms with Gasteiger partial charge in [-0.05, 0) is 49.8 Å². The molecule has 5 heteroatoms. The number of nitrogens with one attached hydrogen (secondary N) is 1. The summed E-state index contributed by atoms with van der Waals surface area (Å²) in [5, 5.41) is 7.39. The van der Waals surface area contributed by atoms with Crippen molar-refractivity contribution >= 4 is 0 Å². The molecule has 0 spiro atoms. The van der Waals surface area contributed by atoms with Crippen molar-refractivity contribution in [3.63, 3.8) is 0 Å². The Bertz CT molecular complexity index is 843. The van der Waals surface area contributed by atoms with Gasteiger partial charge >= 0.3 is 0 Å². The van der Waals surface area contributed by atoms with Crippen molar-refractivity contribution in [1.29, 1.82) is 0 Å². The fourth-order valence-electron chi connectivity index (χ4n) is 2.96. The third-order valence-electron chi connectivity index (χ3n) is 4.48. The van der Waals surface area contributed by atoms with Gasteiger partial charge in [0.15, 0.2) is 0 Å². The molecule has 27 heavy (non-hydrogen) atoms. The number of ether oxygens (including phenoxy) is 2. The SMILES string of the molecule is CCCCN(C)Cc1[nH]ncc1-c1ccc(Oc2cccc(OC)c2)cc1. The zero-order chi connectivity index (χ0) is 19.1. The number of unbranched alkanes of at least 4 members (excludes halogenated alkanes) is 1. The van der Waals surface area contributed by atoms with Crippen LogP contribution in [-0.4, -0.2) is 35.8 Å². The minimum Gasteiger partial charge on any atom is -0.497 e. The first-order valence-electron chi connectivity index (χ1n) is 9.32. The first-order chi connectivity index (χ1) is 13.2. The van der Waals surface area contributed by atoms with Gasteiger partial charge in [-0.2, -0.15) is 5.10 Å². The van der Waals surface area contributed by atoms with E-state index in [4.69, 9.17) is 9.47 Å². The summed E-state index contributed by atoms with van der Waals surface area (Å²) in [5.74, 6) is 2.32. The Balaban J connectivity index is 1.69. The molecule has 0 saturated carbocycles. The van der Waals surface area contributed by atoms with Gasteiger partial charge < -0.3 is 14.4 Å². The van der Waals surface area contributed by atoms with Crippen molar-refractivity contribution < 1.29 is 9.47 Å². The third kappa shape index (κ3) is 5.11. The molecule has 0 fully saturated rings. The maximum atomic E-state index is 5.92. The number of H-pyrrole nitrogens is 1. The number of hydrogen-bond donors (Lipinski definition) is 1. The fourth-order valence-corrected chi connectivity index (χ4v) is 2.96. The monoisotopic (exact) mass is 365 g/mol. The highest BCUT2D eigenvalue weighted by Gasteiger charge is 2.10. The molecule has 0 aliphatic rings. The lowest BCUT2D eigenvalue weighted by Crippen LogP contribution is -2.19. The number of benzene rings is 2. The van der Waals surface area contributed by atoms with Crippen LogP contribution in [0, 0.1) is 0 Å². The third-order valence-corrected chi connectivity index (χ3v) is 4.48. The highest BCUT2D eigenvalue weighted by atomic mass is 16.5. The molecule has 0 amide bonds. The van der Waals surface area contributed by atoms with Gasteiger partial charge in [0.2, 0.25) is 0 Å². The van der Waals surface area contributed by atoms with Crippen molar-refractivity contribution in [2.45, 2.75) is 26.3 Å². The lowest BCUT2D eigenvalue weighted by Gasteiger charge is -2.16. The minimum atomic E-state index is 0.753. The van der Waals surface area contributed by atoms with Crippen LogP contribution in [-0.2, 0) is 6.54 Å². The topological polar surface area (TPSA) is 50.4 Å². The number of aromatic amines is 1. The van der Waals surface area contributed by atoms with E-state index < -0.39 is 0 Å². The van der Waals surface area contributed by atoms with E-state index in [-0.39, 0.29) is 0 Å². The molecule has 1 aromatic heterocycles. The van der Waals surface area contributed by atoms with E-state index in [0.717, 1.165) is 47.2 Å². The van der Waals surface area contributed by atoms with Crippen molar-refractivity contribution in [3.05, 3.63) is 60.4 Å². The van der Waals surface area contributed by atoms with E-state index in [9.17, 15) is 0 Å². The van der Waals surface area contributed by atoms with Crippen molar-refractivity contribution in [3.8, 4) is 28.4 Å². The molecule has 3 aromatic rings. The molecule has 0 atom stereocenters. The second-order valence-electron chi connectivity index (χ2n) is 6.66. The van der Waals surface area contributed by atoms with Gasteiger partial charge in [-0.15, -0.1) is 0 Å². The smallest absolute Gasteiger partial charge is 0.131 e. The van der Waals surface area contributed by atoms with Crippen molar-refractivity contribution in [2.24, 2.45) is 0 Å². The van der Waals surface area contributed by atoms with Crippen LogP contribution in [0.3, 0.4) is 0 Å². The van der Waals surface area contributed by atoms with Crippen LogP contribution in [0.5, 0.6) is 17.2 Å². The van der Waals surface area contributed by atoms with E-state index in [2.05, 4.69) is 41.2 Å². The normalized spacial score (nSPS) is 11.0. The fraction of sp³-hybridized carbons (Fsp3) is 0.318. The highest BCUT2D eigenvalue weighted by Crippen LogP contribution is 2.29. The van der Waals surface area contributed by atoms with Crippen LogP contribution < -0.4 is 9.47 Å². The summed E-state index contributed by atoms with van der Waals surface area (Å²) in [4.78, 5) is 2.32. The van der Waals surface area contributed by atoms with Gasteiger partial charge in [-0.3, -0.25) is 5.10 Å². The largest absolute Gasteiger partial charge is 0.497 e. The molecule has 0 saturated heterocycles. The van der Waals surface area contributed by atoms with Gasteiger partial charge in [0.1, 0.15) is 17.2 Å². The van der Waals surface area contributed by atoms with E-state index in [1.165, 1.54) is 12.8 Å². The summed E-state index contributed by atoms with van der Waals surface area (Å²) in [5.41, 5.74) is 3.39. The van der Waals surface area contributed by atoms with E-state index in [1.807, 2.05) is 42.6 Å². The number of methoxy groups -OCH3 is 1. The standard InChI is InChI=1S/C22H27N3O2/c1-4-5-13-25(2)16-22-21(15-23-24-22)17-9-11-18(12-10-17)27-20-8-6-7-19(14-20)26-3/h6-12,14-15H,4-5,13,16H2,1-3H3,(H,23,24). The number of hydrogen-bond acceptors (Lipinski definition) is 4. The van der Waals surface area contributed by atoms with Crippen LogP contribution in [0.25, 0.3) is 11.1 Å².